The minimum Gasteiger partial charge on any atom is -0.326 e. The molecular formula is C17H20N2O3. The fourth-order valence-corrected chi connectivity index (χ4v) is 2.33. The molecule has 0 radical (unpaired) electrons. The van der Waals surface area contributed by atoms with Crippen LogP contribution in [0.3, 0.4) is 0 Å². The van der Waals surface area contributed by atoms with Gasteiger partial charge in [-0.05, 0) is 37.5 Å². The van der Waals surface area contributed by atoms with Crippen LogP contribution in [-0.2, 0) is 14.4 Å². The van der Waals surface area contributed by atoms with Gasteiger partial charge in [-0.2, -0.15) is 0 Å². The van der Waals surface area contributed by atoms with E-state index in [4.69, 9.17) is 0 Å². The second-order valence-corrected chi connectivity index (χ2v) is 5.39. The first kappa shape index (κ1) is 15.9. The lowest BCUT2D eigenvalue weighted by Crippen LogP contribution is -2.30. The monoisotopic (exact) mass is 300 g/mol. The van der Waals surface area contributed by atoms with Gasteiger partial charge in [-0.3, -0.25) is 19.3 Å². The molecule has 1 aliphatic rings. The Labute approximate surface area is 130 Å². The summed E-state index contributed by atoms with van der Waals surface area (Å²) in [7, 11) is 0. The minimum absolute atomic E-state index is 0.0133. The molecule has 0 saturated heterocycles. The van der Waals surface area contributed by atoms with E-state index in [2.05, 4.69) is 5.32 Å². The molecule has 0 aromatic heterocycles. The van der Waals surface area contributed by atoms with Crippen molar-refractivity contribution in [2.45, 2.75) is 32.6 Å². The number of hydrogen-bond donors (Lipinski definition) is 1. The molecule has 0 atom stereocenters. The lowest BCUT2D eigenvalue weighted by molar-refractivity contribution is -0.136. The van der Waals surface area contributed by atoms with Crippen molar-refractivity contribution in [2.75, 3.05) is 11.9 Å². The maximum absolute atomic E-state index is 11.8. The van der Waals surface area contributed by atoms with Crippen molar-refractivity contribution in [1.82, 2.24) is 4.90 Å². The summed E-state index contributed by atoms with van der Waals surface area (Å²) in [6.45, 7) is 2.40. The Hall–Kier alpha value is -2.43. The summed E-state index contributed by atoms with van der Waals surface area (Å²) in [6, 6.07) is 7.67. The first-order chi connectivity index (χ1) is 10.6. The molecule has 1 aromatic rings. The first-order valence-corrected chi connectivity index (χ1v) is 7.46. The summed E-state index contributed by atoms with van der Waals surface area (Å²) in [5.74, 6) is -0.509. The molecule has 0 saturated carbocycles. The van der Waals surface area contributed by atoms with Gasteiger partial charge in [0, 0.05) is 30.8 Å². The zero-order valence-corrected chi connectivity index (χ0v) is 12.7. The molecule has 116 valence electrons. The number of amides is 3. The van der Waals surface area contributed by atoms with Crippen LogP contribution in [0.1, 0.15) is 31.2 Å². The average Bonchev–Trinajstić information content (AvgIpc) is 2.78. The van der Waals surface area contributed by atoms with Crippen molar-refractivity contribution < 1.29 is 14.4 Å². The standard InChI is InChI=1S/C17H20N2O3/c1-13-6-5-7-14(12-13)18-15(20)8-3-2-4-11-19-16(21)9-10-17(19)22/h5-7,9-10,12H,2-4,8,11H2,1H3,(H,18,20). The third-order valence-electron chi connectivity index (χ3n) is 3.49. The number of anilines is 1. The third kappa shape index (κ3) is 4.55. The van der Waals surface area contributed by atoms with Crippen molar-refractivity contribution in [1.29, 1.82) is 0 Å². The van der Waals surface area contributed by atoms with Crippen LogP contribution in [0.25, 0.3) is 0 Å². The molecular weight excluding hydrogens is 280 g/mol. The summed E-state index contributed by atoms with van der Waals surface area (Å²) in [4.78, 5) is 35.7. The van der Waals surface area contributed by atoms with Gasteiger partial charge in [0.25, 0.3) is 11.8 Å². The molecule has 3 amide bonds. The van der Waals surface area contributed by atoms with Crippen LogP contribution in [0.15, 0.2) is 36.4 Å². The zero-order chi connectivity index (χ0) is 15.9. The number of benzene rings is 1. The number of carbonyl (C=O) groups is 3. The van der Waals surface area contributed by atoms with Crippen molar-refractivity contribution in [3.05, 3.63) is 42.0 Å². The summed E-state index contributed by atoms with van der Waals surface area (Å²) in [6.07, 6.45) is 5.28. The van der Waals surface area contributed by atoms with Crippen LogP contribution < -0.4 is 5.32 Å². The van der Waals surface area contributed by atoms with E-state index in [0.717, 1.165) is 30.5 Å². The quantitative estimate of drug-likeness (QED) is 0.621. The molecule has 0 unspecified atom stereocenters. The number of nitrogens with one attached hydrogen (secondary N) is 1. The Morgan fingerprint density at radius 3 is 2.50 bits per heavy atom. The number of unbranched alkanes of at least 4 members (excludes halogenated alkanes) is 2. The molecule has 0 bridgehead atoms. The predicted octanol–water partition coefficient (Wildman–Crippen LogP) is 2.42. The fraction of sp³-hybridized carbons (Fsp3) is 0.353. The van der Waals surface area contributed by atoms with Gasteiger partial charge in [0.2, 0.25) is 5.91 Å². The Morgan fingerprint density at radius 1 is 1.09 bits per heavy atom. The molecule has 1 heterocycles. The molecule has 22 heavy (non-hydrogen) atoms. The van der Waals surface area contributed by atoms with Gasteiger partial charge in [0.15, 0.2) is 0 Å². The van der Waals surface area contributed by atoms with Crippen molar-refractivity contribution >= 4 is 23.4 Å². The molecule has 0 spiro atoms. The van der Waals surface area contributed by atoms with Crippen LogP contribution in [0.5, 0.6) is 0 Å². The highest BCUT2D eigenvalue weighted by molar-refractivity contribution is 6.12. The molecule has 2 rings (SSSR count). The van der Waals surface area contributed by atoms with Gasteiger partial charge in [-0.25, -0.2) is 0 Å². The summed E-state index contributed by atoms with van der Waals surface area (Å²) in [5.41, 5.74) is 1.91. The molecule has 1 aliphatic heterocycles. The second kappa shape index (κ2) is 7.54. The molecule has 5 nitrogen and oxygen atoms in total. The highest BCUT2D eigenvalue weighted by atomic mass is 16.2. The smallest absolute Gasteiger partial charge is 0.253 e. The SMILES string of the molecule is Cc1cccc(NC(=O)CCCCCN2C(=O)C=CC2=O)c1. The number of aryl methyl sites for hydroxylation is 1. The first-order valence-electron chi connectivity index (χ1n) is 7.46. The highest BCUT2D eigenvalue weighted by Gasteiger charge is 2.22. The van der Waals surface area contributed by atoms with Crippen molar-refractivity contribution in [2.24, 2.45) is 0 Å². The van der Waals surface area contributed by atoms with Crippen LogP contribution in [0.4, 0.5) is 5.69 Å². The van der Waals surface area contributed by atoms with E-state index in [1.54, 1.807) is 0 Å². The van der Waals surface area contributed by atoms with E-state index in [9.17, 15) is 14.4 Å². The molecule has 5 heteroatoms. The Balaban J connectivity index is 1.61. The zero-order valence-electron chi connectivity index (χ0n) is 12.7. The van der Waals surface area contributed by atoms with Crippen LogP contribution >= 0.6 is 0 Å². The molecule has 1 aromatic carbocycles. The maximum atomic E-state index is 11.8. The number of hydrogen-bond acceptors (Lipinski definition) is 3. The number of nitrogens with zero attached hydrogens (tertiary/aromatic N) is 1. The van der Waals surface area contributed by atoms with E-state index in [1.807, 2.05) is 31.2 Å². The van der Waals surface area contributed by atoms with Gasteiger partial charge >= 0.3 is 0 Å². The normalized spacial score (nSPS) is 13.8. The third-order valence-corrected chi connectivity index (χ3v) is 3.49. The Morgan fingerprint density at radius 2 is 1.82 bits per heavy atom. The molecule has 0 aliphatic carbocycles. The van der Waals surface area contributed by atoms with E-state index in [1.165, 1.54) is 17.1 Å². The van der Waals surface area contributed by atoms with E-state index in [0.29, 0.717) is 13.0 Å². The van der Waals surface area contributed by atoms with E-state index in [-0.39, 0.29) is 17.7 Å². The van der Waals surface area contributed by atoms with Crippen LogP contribution in [0.2, 0.25) is 0 Å². The van der Waals surface area contributed by atoms with Crippen LogP contribution in [-0.4, -0.2) is 29.2 Å². The van der Waals surface area contributed by atoms with E-state index >= 15 is 0 Å². The van der Waals surface area contributed by atoms with E-state index < -0.39 is 0 Å². The number of rotatable bonds is 7. The van der Waals surface area contributed by atoms with Crippen molar-refractivity contribution in [3.8, 4) is 0 Å². The number of imide groups is 1. The number of carbonyl (C=O) groups excluding carboxylic acids is 3. The van der Waals surface area contributed by atoms with Crippen molar-refractivity contribution in [3.63, 3.8) is 0 Å². The molecule has 0 fully saturated rings. The topological polar surface area (TPSA) is 66.5 Å². The van der Waals surface area contributed by atoms with Gasteiger partial charge in [0.05, 0.1) is 0 Å². The highest BCUT2D eigenvalue weighted by Crippen LogP contribution is 2.11. The lowest BCUT2D eigenvalue weighted by atomic mass is 10.1. The summed E-state index contributed by atoms with van der Waals surface area (Å²) in [5, 5.41) is 2.86. The molecule has 1 N–H and O–H groups in total. The fourth-order valence-electron chi connectivity index (χ4n) is 2.33. The summed E-state index contributed by atoms with van der Waals surface area (Å²) < 4.78 is 0. The summed E-state index contributed by atoms with van der Waals surface area (Å²) >= 11 is 0. The van der Waals surface area contributed by atoms with Gasteiger partial charge in [-0.15, -0.1) is 0 Å². The maximum Gasteiger partial charge on any atom is 0.253 e. The largest absolute Gasteiger partial charge is 0.326 e. The van der Waals surface area contributed by atoms with Crippen LogP contribution in [0, 0.1) is 6.92 Å². The second-order valence-electron chi connectivity index (χ2n) is 5.39. The van der Waals surface area contributed by atoms with Gasteiger partial charge in [0.1, 0.15) is 0 Å². The Bertz CT molecular complexity index is 590. The predicted molar refractivity (Wildman–Crippen MR) is 84.1 cm³/mol. The lowest BCUT2D eigenvalue weighted by Gasteiger charge is -2.13. The van der Waals surface area contributed by atoms with Gasteiger partial charge < -0.3 is 5.32 Å². The average molecular weight is 300 g/mol. The minimum atomic E-state index is -0.248. The Kier molecular flexibility index (Phi) is 5.47. The van der Waals surface area contributed by atoms with Gasteiger partial charge in [-0.1, -0.05) is 18.6 Å².